The third-order valence-corrected chi connectivity index (χ3v) is 3.79. The fourth-order valence-electron chi connectivity index (χ4n) is 2.57. The average Bonchev–Trinajstić information content (AvgIpc) is 2.93. The summed E-state index contributed by atoms with van der Waals surface area (Å²) >= 11 is 0. The Bertz CT molecular complexity index is 639. The number of benzene rings is 1. The molecule has 0 aromatic heterocycles. The molecule has 1 aromatic rings. The molecule has 0 bridgehead atoms. The second-order valence-corrected chi connectivity index (χ2v) is 5.64. The van der Waals surface area contributed by atoms with Crippen molar-refractivity contribution >= 4 is 17.7 Å². The lowest BCUT2D eigenvalue weighted by Crippen LogP contribution is -2.38. The summed E-state index contributed by atoms with van der Waals surface area (Å²) in [4.78, 5) is 36.9. The van der Waals surface area contributed by atoms with Crippen molar-refractivity contribution in [2.75, 3.05) is 19.6 Å². The van der Waals surface area contributed by atoms with E-state index in [2.05, 4.69) is 10.6 Å². The molecule has 1 aromatic carbocycles. The van der Waals surface area contributed by atoms with Crippen LogP contribution in [0.25, 0.3) is 0 Å². The van der Waals surface area contributed by atoms with Gasteiger partial charge in [-0.2, -0.15) is 5.26 Å². The number of carbonyl (C=O) groups is 3. The summed E-state index contributed by atoms with van der Waals surface area (Å²) in [7, 11) is 0. The molecule has 7 heteroatoms. The molecule has 126 valence electrons. The van der Waals surface area contributed by atoms with Crippen LogP contribution >= 0.6 is 0 Å². The maximum Gasteiger partial charge on any atom is 0.234 e. The number of hydrogen-bond acceptors (Lipinski definition) is 4. The van der Waals surface area contributed by atoms with Crippen LogP contribution < -0.4 is 10.6 Å². The molecule has 0 saturated carbocycles. The van der Waals surface area contributed by atoms with Gasteiger partial charge in [-0.25, -0.2) is 0 Å². The van der Waals surface area contributed by atoms with Crippen LogP contribution in [0.3, 0.4) is 0 Å². The van der Waals surface area contributed by atoms with Crippen molar-refractivity contribution in [1.82, 2.24) is 15.5 Å². The van der Waals surface area contributed by atoms with E-state index in [0.29, 0.717) is 13.1 Å². The van der Waals surface area contributed by atoms with Gasteiger partial charge in [-0.3, -0.25) is 14.4 Å². The standard InChI is InChI=1S/C17H20N4O3/c18-7-6-15(22)19-8-9-20-17(24)14-10-16(23)21(12-14)11-13-4-2-1-3-5-13/h1-5,14H,6,8-12H2,(H,19,22)(H,20,24). The minimum Gasteiger partial charge on any atom is -0.354 e. The first-order valence-corrected chi connectivity index (χ1v) is 7.83. The first-order valence-electron chi connectivity index (χ1n) is 7.83. The molecule has 3 amide bonds. The number of carbonyl (C=O) groups excluding carboxylic acids is 3. The van der Waals surface area contributed by atoms with Crippen LogP contribution in [0.4, 0.5) is 0 Å². The highest BCUT2D eigenvalue weighted by Crippen LogP contribution is 2.20. The minimum absolute atomic E-state index is 0.0265. The average molecular weight is 328 g/mol. The summed E-state index contributed by atoms with van der Waals surface area (Å²) in [6, 6.07) is 11.4. The van der Waals surface area contributed by atoms with E-state index < -0.39 is 0 Å². The number of nitriles is 1. The van der Waals surface area contributed by atoms with E-state index >= 15 is 0 Å². The molecule has 1 saturated heterocycles. The lowest BCUT2D eigenvalue weighted by molar-refractivity contribution is -0.129. The van der Waals surface area contributed by atoms with Crippen LogP contribution in [0.15, 0.2) is 30.3 Å². The monoisotopic (exact) mass is 328 g/mol. The maximum atomic E-state index is 12.1. The highest BCUT2D eigenvalue weighted by molar-refractivity contribution is 5.89. The molecule has 0 spiro atoms. The molecule has 1 fully saturated rings. The fraction of sp³-hybridized carbons (Fsp3) is 0.412. The van der Waals surface area contributed by atoms with Gasteiger partial charge in [0, 0.05) is 32.6 Å². The van der Waals surface area contributed by atoms with Crippen molar-refractivity contribution in [2.24, 2.45) is 5.92 Å². The van der Waals surface area contributed by atoms with Crippen molar-refractivity contribution in [3.8, 4) is 6.07 Å². The van der Waals surface area contributed by atoms with E-state index in [1.807, 2.05) is 30.3 Å². The highest BCUT2D eigenvalue weighted by Gasteiger charge is 2.33. The van der Waals surface area contributed by atoms with Gasteiger partial charge in [0.15, 0.2) is 0 Å². The Labute approximate surface area is 140 Å². The van der Waals surface area contributed by atoms with Gasteiger partial charge in [0.1, 0.15) is 6.42 Å². The van der Waals surface area contributed by atoms with E-state index in [9.17, 15) is 14.4 Å². The Morgan fingerprint density at radius 2 is 1.92 bits per heavy atom. The maximum absolute atomic E-state index is 12.1. The van der Waals surface area contributed by atoms with Crippen LogP contribution in [0.2, 0.25) is 0 Å². The number of likely N-dealkylation sites (tertiary alicyclic amines) is 1. The molecule has 0 radical (unpaired) electrons. The molecule has 1 heterocycles. The number of nitrogens with one attached hydrogen (secondary N) is 2. The lowest BCUT2D eigenvalue weighted by Gasteiger charge is -2.16. The van der Waals surface area contributed by atoms with Gasteiger partial charge in [-0.05, 0) is 5.56 Å². The van der Waals surface area contributed by atoms with Gasteiger partial charge in [0.2, 0.25) is 17.7 Å². The van der Waals surface area contributed by atoms with E-state index in [1.165, 1.54) is 0 Å². The number of amides is 3. The fourth-order valence-corrected chi connectivity index (χ4v) is 2.57. The Hall–Kier alpha value is -2.88. The first-order chi connectivity index (χ1) is 11.6. The molecule has 0 aliphatic carbocycles. The largest absolute Gasteiger partial charge is 0.354 e. The molecular weight excluding hydrogens is 308 g/mol. The van der Waals surface area contributed by atoms with Crippen LogP contribution in [0.5, 0.6) is 0 Å². The predicted molar refractivity (Wildman–Crippen MR) is 86.2 cm³/mol. The zero-order chi connectivity index (χ0) is 17.4. The summed E-state index contributed by atoms with van der Waals surface area (Å²) in [6.45, 7) is 1.45. The quantitative estimate of drug-likeness (QED) is 0.697. The number of hydrogen-bond donors (Lipinski definition) is 2. The van der Waals surface area contributed by atoms with Crippen LogP contribution in [0.1, 0.15) is 18.4 Å². The summed E-state index contributed by atoms with van der Waals surface area (Å²) in [5.74, 6) is -0.942. The molecule has 1 unspecified atom stereocenters. The topological polar surface area (TPSA) is 102 Å². The van der Waals surface area contributed by atoms with E-state index in [4.69, 9.17) is 5.26 Å². The third-order valence-electron chi connectivity index (χ3n) is 3.79. The third kappa shape index (κ3) is 5.09. The van der Waals surface area contributed by atoms with Gasteiger partial charge in [0.05, 0.1) is 12.0 Å². The zero-order valence-electron chi connectivity index (χ0n) is 13.3. The van der Waals surface area contributed by atoms with Gasteiger partial charge >= 0.3 is 0 Å². The second kappa shape index (κ2) is 8.67. The van der Waals surface area contributed by atoms with E-state index in [-0.39, 0.29) is 49.6 Å². The van der Waals surface area contributed by atoms with Crippen molar-refractivity contribution in [3.05, 3.63) is 35.9 Å². The van der Waals surface area contributed by atoms with Gasteiger partial charge < -0.3 is 15.5 Å². The van der Waals surface area contributed by atoms with E-state index in [0.717, 1.165) is 5.56 Å². The second-order valence-electron chi connectivity index (χ2n) is 5.64. The van der Waals surface area contributed by atoms with Crippen molar-refractivity contribution in [3.63, 3.8) is 0 Å². The Morgan fingerprint density at radius 1 is 1.21 bits per heavy atom. The molecular formula is C17H20N4O3. The van der Waals surface area contributed by atoms with Crippen molar-refractivity contribution < 1.29 is 14.4 Å². The molecule has 2 rings (SSSR count). The summed E-state index contributed by atoms with van der Waals surface area (Å²) < 4.78 is 0. The number of nitrogens with zero attached hydrogens (tertiary/aromatic N) is 2. The zero-order valence-corrected chi connectivity index (χ0v) is 13.3. The van der Waals surface area contributed by atoms with Gasteiger partial charge in [-0.1, -0.05) is 30.3 Å². The van der Waals surface area contributed by atoms with Crippen LogP contribution in [-0.4, -0.2) is 42.3 Å². The smallest absolute Gasteiger partial charge is 0.234 e. The van der Waals surface area contributed by atoms with Crippen molar-refractivity contribution in [1.29, 1.82) is 5.26 Å². The van der Waals surface area contributed by atoms with Gasteiger partial charge in [-0.15, -0.1) is 0 Å². The lowest BCUT2D eigenvalue weighted by atomic mass is 10.1. The minimum atomic E-state index is -0.365. The van der Waals surface area contributed by atoms with Crippen LogP contribution in [0, 0.1) is 17.2 Å². The number of rotatable bonds is 7. The molecule has 1 atom stereocenters. The predicted octanol–water partition coefficient (Wildman–Crippen LogP) is 0.181. The Balaban J connectivity index is 1.73. The molecule has 7 nitrogen and oxygen atoms in total. The van der Waals surface area contributed by atoms with Crippen molar-refractivity contribution in [2.45, 2.75) is 19.4 Å². The van der Waals surface area contributed by atoms with E-state index in [1.54, 1.807) is 11.0 Å². The first kappa shape index (κ1) is 17.5. The highest BCUT2D eigenvalue weighted by atomic mass is 16.2. The Kier molecular flexibility index (Phi) is 6.32. The summed E-state index contributed by atoms with van der Waals surface area (Å²) in [5, 5.41) is 13.6. The molecule has 2 N–H and O–H groups in total. The van der Waals surface area contributed by atoms with Gasteiger partial charge in [0.25, 0.3) is 0 Å². The summed E-state index contributed by atoms with van der Waals surface area (Å²) in [6.07, 6.45) is 0.0129. The molecule has 1 aliphatic heterocycles. The normalized spacial score (nSPS) is 16.5. The Morgan fingerprint density at radius 3 is 2.62 bits per heavy atom. The SMILES string of the molecule is N#CCC(=O)NCCNC(=O)C1CC(=O)N(Cc2ccccc2)C1. The van der Waals surface area contributed by atoms with Crippen LogP contribution in [-0.2, 0) is 20.9 Å². The molecule has 24 heavy (non-hydrogen) atoms. The molecule has 1 aliphatic rings. The summed E-state index contributed by atoms with van der Waals surface area (Å²) in [5.41, 5.74) is 1.03.